The van der Waals surface area contributed by atoms with Crippen molar-refractivity contribution in [1.82, 2.24) is 15.2 Å². The Morgan fingerprint density at radius 2 is 1.83 bits per heavy atom. The number of nitrogens with zero attached hydrogens (tertiary/aromatic N) is 1. The van der Waals surface area contributed by atoms with Gasteiger partial charge >= 0.3 is 6.09 Å². The van der Waals surface area contributed by atoms with Crippen LogP contribution in [0.25, 0.3) is 5.69 Å². The molecule has 0 aliphatic rings. The molecular weight excluding hydrogens is 533 g/mol. The van der Waals surface area contributed by atoms with Gasteiger partial charge in [-0.25, -0.2) is 9.18 Å². The van der Waals surface area contributed by atoms with E-state index in [-0.39, 0.29) is 35.7 Å². The highest BCUT2D eigenvalue weighted by atomic mass is 79.9. The van der Waals surface area contributed by atoms with E-state index in [9.17, 15) is 18.8 Å². The van der Waals surface area contributed by atoms with E-state index in [2.05, 4.69) is 26.6 Å². The van der Waals surface area contributed by atoms with Gasteiger partial charge in [-0.1, -0.05) is 12.1 Å². The molecule has 1 heterocycles. The van der Waals surface area contributed by atoms with Gasteiger partial charge in [0.15, 0.2) is 0 Å². The molecule has 0 saturated heterocycles. The number of halogens is 2. The van der Waals surface area contributed by atoms with E-state index in [1.807, 2.05) is 6.92 Å². The molecule has 0 aliphatic carbocycles. The highest BCUT2D eigenvalue weighted by Crippen LogP contribution is 2.27. The number of carbonyl (C=O) groups excluding carboxylic acids is 2. The third-order valence-corrected chi connectivity index (χ3v) is 6.22. The number of amides is 2. The summed E-state index contributed by atoms with van der Waals surface area (Å²) in [5, 5.41) is 5.15. The summed E-state index contributed by atoms with van der Waals surface area (Å²) in [6.45, 7) is 5.62. The Morgan fingerprint density at radius 3 is 2.53 bits per heavy atom. The number of aromatic nitrogens is 1. The lowest BCUT2D eigenvalue weighted by molar-refractivity contribution is 0.0963. The summed E-state index contributed by atoms with van der Waals surface area (Å²) >= 11 is 3.35. The van der Waals surface area contributed by atoms with Gasteiger partial charge in [0.1, 0.15) is 22.6 Å². The van der Waals surface area contributed by atoms with Gasteiger partial charge in [-0.15, -0.1) is 0 Å². The second-order valence-corrected chi connectivity index (χ2v) is 8.75. The van der Waals surface area contributed by atoms with Crippen molar-refractivity contribution in [3.8, 4) is 11.4 Å². The summed E-state index contributed by atoms with van der Waals surface area (Å²) in [5.41, 5.74) is 3.22. The normalized spacial score (nSPS) is 10.6. The molecule has 0 bridgehead atoms. The molecule has 3 aromatic rings. The minimum Gasteiger partial charge on any atom is -0.487 e. The number of aryl methyl sites for hydroxylation is 2. The van der Waals surface area contributed by atoms with E-state index in [1.54, 1.807) is 51.2 Å². The Balaban J connectivity index is 1.89. The smallest absolute Gasteiger partial charge is 0.407 e. The minimum atomic E-state index is -0.605. The zero-order valence-corrected chi connectivity index (χ0v) is 22.0. The summed E-state index contributed by atoms with van der Waals surface area (Å²) in [4.78, 5) is 37.0. The zero-order chi connectivity index (χ0) is 26.4. The number of nitrogens with one attached hydrogen (secondary N) is 2. The van der Waals surface area contributed by atoms with Crippen LogP contribution in [0.2, 0.25) is 0 Å². The molecule has 1 aromatic heterocycles. The first-order valence-electron chi connectivity index (χ1n) is 11.2. The summed E-state index contributed by atoms with van der Waals surface area (Å²) in [6.07, 6.45) is -0.605. The number of pyridine rings is 1. The molecule has 36 heavy (non-hydrogen) atoms. The Morgan fingerprint density at radius 1 is 1.08 bits per heavy atom. The van der Waals surface area contributed by atoms with E-state index in [0.717, 1.165) is 5.56 Å². The monoisotopic (exact) mass is 559 g/mol. The fourth-order valence-corrected chi connectivity index (χ4v) is 4.03. The average molecular weight is 560 g/mol. The van der Waals surface area contributed by atoms with E-state index < -0.39 is 11.9 Å². The molecule has 190 valence electrons. The molecular formula is C26H27BrFN3O5. The van der Waals surface area contributed by atoms with Crippen LogP contribution in [-0.4, -0.2) is 30.2 Å². The predicted molar refractivity (Wildman–Crippen MR) is 137 cm³/mol. The average Bonchev–Trinajstić information content (AvgIpc) is 2.85. The van der Waals surface area contributed by atoms with Crippen molar-refractivity contribution in [2.45, 2.75) is 33.9 Å². The highest BCUT2D eigenvalue weighted by molar-refractivity contribution is 9.10. The number of carbonyl (C=O) groups is 2. The molecule has 0 fully saturated rings. The van der Waals surface area contributed by atoms with Crippen LogP contribution in [0.4, 0.5) is 9.18 Å². The van der Waals surface area contributed by atoms with Crippen molar-refractivity contribution < 1.29 is 23.5 Å². The number of benzene rings is 2. The molecule has 8 nitrogen and oxygen atoms in total. The second-order valence-electron chi connectivity index (χ2n) is 7.96. The summed E-state index contributed by atoms with van der Waals surface area (Å²) in [5.74, 6) is -0.399. The number of hydrogen-bond donors (Lipinski definition) is 2. The van der Waals surface area contributed by atoms with Gasteiger partial charge in [-0.3, -0.25) is 14.2 Å². The Kier molecular flexibility index (Phi) is 8.87. The quantitative estimate of drug-likeness (QED) is 0.422. The van der Waals surface area contributed by atoms with Crippen LogP contribution in [0.1, 0.15) is 39.7 Å². The molecule has 2 amide bonds. The first-order chi connectivity index (χ1) is 17.2. The first-order valence-corrected chi connectivity index (χ1v) is 12.0. The third kappa shape index (κ3) is 6.12. The molecule has 0 unspecified atom stereocenters. The molecule has 0 aliphatic heterocycles. The van der Waals surface area contributed by atoms with Crippen molar-refractivity contribution in [3.05, 3.63) is 91.1 Å². The van der Waals surface area contributed by atoms with Crippen LogP contribution in [0, 0.1) is 19.7 Å². The Hall–Kier alpha value is -3.66. The fourth-order valence-electron chi connectivity index (χ4n) is 3.63. The fraction of sp³-hybridized carbons (Fsp3) is 0.269. The summed E-state index contributed by atoms with van der Waals surface area (Å²) in [7, 11) is 1.54. The number of ether oxygens (including phenoxy) is 2. The largest absolute Gasteiger partial charge is 0.487 e. The van der Waals surface area contributed by atoms with Crippen LogP contribution in [0.5, 0.6) is 5.75 Å². The van der Waals surface area contributed by atoms with Gasteiger partial charge in [0.25, 0.3) is 11.5 Å². The SMILES string of the molecule is CCOC(=O)NCc1cc(F)ccc1COc1cc(C)n(-c2cc(C(=O)NC)ccc2C)c(=O)c1Br. The zero-order valence-electron chi connectivity index (χ0n) is 20.4. The molecule has 2 aromatic carbocycles. The van der Waals surface area contributed by atoms with Crippen LogP contribution < -0.4 is 20.9 Å². The molecule has 0 radical (unpaired) electrons. The van der Waals surface area contributed by atoms with Crippen LogP contribution in [-0.2, 0) is 17.9 Å². The maximum Gasteiger partial charge on any atom is 0.407 e. The topological polar surface area (TPSA) is 98.7 Å². The standard InChI is InChI=1S/C26H27BrFN3O5/c1-5-35-26(34)30-13-19-11-20(28)9-8-18(19)14-36-22-10-16(3)31(25(33)23(22)27)21-12-17(24(32)29-4)7-6-15(21)2/h6-12H,5,13-14H2,1-4H3,(H,29,32)(H,30,34). The van der Waals surface area contributed by atoms with Crippen molar-refractivity contribution in [2.75, 3.05) is 13.7 Å². The predicted octanol–water partition coefficient (Wildman–Crippen LogP) is 4.54. The third-order valence-electron chi connectivity index (χ3n) is 5.49. The van der Waals surface area contributed by atoms with Gasteiger partial charge in [0.05, 0.1) is 12.3 Å². The summed E-state index contributed by atoms with van der Waals surface area (Å²) < 4.78 is 26.3. The van der Waals surface area contributed by atoms with Crippen molar-refractivity contribution >= 4 is 27.9 Å². The van der Waals surface area contributed by atoms with Gasteiger partial charge < -0.3 is 20.1 Å². The first kappa shape index (κ1) is 26.9. The molecule has 10 heteroatoms. The van der Waals surface area contributed by atoms with Crippen molar-refractivity contribution in [3.63, 3.8) is 0 Å². The van der Waals surface area contributed by atoms with E-state index in [0.29, 0.717) is 33.8 Å². The molecule has 0 atom stereocenters. The van der Waals surface area contributed by atoms with Gasteiger partial charge in [-0.05, 0) is 77.7 Å². The lowest BCUT2D eigenvalue weighted by atomic mass is 10.1. The van der Waals surface area contributed by atoms with Gasteiger partial charge in [0, 0.05) is 30.9 Å². The van der Waals surface area contributed by atoms with E-state index >= 15 is 0 Å². The lowest BCUT2D eigenvalue weighted by Gasteiger charge is -2.17. The van der Waals surface area contributed by atoms with E-state index in [4.69, 9.17) is 9.47 Å². The molecule has 2 N–H and O–H groups in total. The Bertz CT molecular complexity index is 1360. The Labute approximate surface area is 216 Å². The molecule has 0 saturated carbocycles. The molecule has 0 spiro atoms. The van der Waals surface area contributed by atoms with Crippen molar-refractivity contribution in [1.29, 1.82) is 0 Å². The van der Waals surface area contributed by atoms with Crippen LogP contribution in [0.15, 0.2) is 51.7 Å². The second kappa shape index (κ2) is 11.9. The maximum absolute atomic E-state index is 13.8. The van der Waals surface area contributed by atoms with Crippen molar-refractivity contribution in [2.24, 2.45) is 0 Å². The lowest BCUT2D eigenvalue weighted by Crippen LogP contribution is -2.25. The van der Waals surface area contributed by atoms with Gasteiger partial charge in [-0.2, -0.15) is 0 Å². The van der Waals surface area contributed by atoms with Gasteiger partial charge in [0.2, 0.25) is 0 Å². The number of alkyl carbamates (subject to hydrolysis) is 1. The minimum absolute atomic E-state index is 0.0345. The molecule has 3 rings (SSSR count). The summed E-state index contributed by atoms with van der Waals surface area (Å²) in [6, 6.07) is 11.0. The highest BCUT2D eigenvalue weighted by Gasteiger charge is 2.17. The number of rotatable bonds is 8. The maximum atomic E-state index is 13.8. The van der Waals surface area contributed by atoms with Crippen LogP contribution in [0.3, 0.4) is 0 Å². The number of hydrogen-bond acceptors (Lipinski definition) is 5. The van der Waals surface area contributed by atoms with Crippen LogP contribution >= 0.6 is 15.9 Å². The van der Waals surface area contributed by atoms with E-state index in [1.165, 1.54) is 16.7 Å².